The van der Waals surface area contributed by atoms with E-state index in [0.29, 0.717) is 28.8 Å². The van der Waals surface area contributed by atoms with Gasteiger partial charge in [-0.1, -0.05) is 72.1 Å². The van der Waals surface area contributed by atoms with Gasteiger partial charge in [0.1, 0.15) is 11.6 Å². The van der Waals surface area contributed by atoms with E-state index in [1.807, 2.05) is 90.4 Å². The quantitative estimate of drug-likeness (QED) is 0.153. The summed E-state index contributed by atoms with van der Waals surface area (Å²) >= 11 is 4.67. The van der Waals surface area contributed by atoms with Gasteiger partial charge in [0.05, 0.1) is 28.3 Å². The number of hydrogen-bond donors (Lipinski definition) is 0. The Hall–Kier alpha value is -3.14. The molecule has 176 valence electrons. The first-order valence-corrected chi connectivity index (χ1v) is 13.9. The molecule has 3 aromatic carbocycles. The third kappa shape index (κ3) is 5.58. The van der Waals surface area contributed by atoms with E-state index in [0.717, 1.165) is 31.8 Å². The Kier molecular flexibility index (Phi) is 7.46. The van der Waals surface area contributed by atoms with Crippen molar-refractivity contribution in [3.8, 4) is 11.4 Å². The molecule has 6 nitrogen and oxygen atoms in total. The average molecular weight is 519 g/mol. The molecular formula is C26H22N4O2S3. The minimum absolute atomic E-state index is 0.0648. The number of carbonyl (C=O) groups excluding carboxylic acids is 1. The van der Waals surface area contributed by atoms with Gasteiger partial charge in [-0.2, -0.15) is 0 Å². The first-order valence-electron chi connectivity index (χ1n) is 11.1. The molecule has 0 aliphatic heterocycles. The van der Waals surface area contributed by atoms with Crippen molar-refractivity contribution in [2.45, 2.75) is 22.2 Å². The molecular weight excluding hydrogens is 497 g/mol. The lowest BCUT2D eigenvalue weighted by atomic mass is 10.2. The number of ether oxygens (including phenoxy) is 1. The highest BCUT2D eigenvalue weighted by molar-refractivity contribution is 8.00. The summed E-state index contributed by atoms with van der Waals surface area (Å²) in [5, 5.41) is 9.59. The molecule has 0 saturated heterocycles. The van der Waals surface area contributed by atoms with E-state index in [-0.39, 0.29) is 5.78 Å². The summed E-state index contributed by atoms with van der Waals surface area (Å²) in [5.41, 5.74) is 2.62. The standard InChI is InChI=1S/C26H22N4O2S3/c1-2-32-20-13-14-21-23(15-20)35-26(27-21)34-17-24-28-29-25(30(24)19-11-7-4-8-12-19)33-16-22(31)18-9-5-3-6-10-18/h3-15H,2,16-17H2,1H3. The lowest BCUT2D eigenvalue weighted by Gasteiger charge is -2.09. The summed E-state index contributed by atoms with van der Waals surface area (Å²) in [6.07, 6.45) is 0. The molecule has 0 saturated carbocycles. The molecule has 0 N–H and O–H groups in total. The van der Waals surface area contributed by atoms with Crippen LogP contribution < -0.4 is 4.74 Å². The average Bonchev–Trinajstić information content (AvgIpc) is 3.50. The monoisotopic (exact) mass is 518 g/mol. The fourth-order valence-electron chi connectivity index (χ4n) is 3.49. The van der Waals surface area contributed by atoms with Crippen molar-refractivity contribution in [2.75, 3.05) is 12.4 Å². The Morgan fingerprint density at radius 2 is 1.74 bits per heavy atom. The topological polar surface area (TPSA) is 69.9 Å². The van der Waals surface area contributed by atoms with Gasteiger partial charge in [0.15, 0.2) is 15.3 Å². The van der Waals surface area contributed by atoms with E-state index in [1.54, 1.807) is 23.1 Å². The maximum absolute atomic E-state index is 12.6. The van der Waals surface area contributed by atoms with E-state index < -0.39 is 0 Å². The van der Waals surface area contributed by atoms with Crippen molar-refractivity contribution >= 4 is 50.9 Å². The van der Waals surface area contributed by atoms with Crippen LogP contribution in [0.3, 0.4) is 0 Å². The SMILES string of the molecule is CCOc1ccc2nc(SCc3nnc(SCC(=O)c4ccccc4)n3-c3ccccc3)sc2c1. The molecule has 35 heavy (non-hydrogen) atoms. The number of Topliss-reactive ketones (excluding diaryl/α,β-unsaturated/α-hetero) is 1. The van der Waals surface area contributed by atoms with Crippen LogP contribution in [0.5, 0.6) is 5.75 Å². The van der Waals surface area contributed by atoms with E-state index in [4.69, 9.17) is 9.72 Å². The third-order valence-electron chi connectivity index (χ3n) is 5.12. The number of fused-ring (bicyclic) bond motifs is 1. The second-order valence-corrected chi connectivity index (χ2v) is 10.7. The smallest absolute Gasteiger partial charge is 0.196 e. The molecule has 0 atom stereocenters. The molecule has 0 spiro atoms. The zero-order valence-corrected chi connectivity index (χ0v) is 21.4. The molecule has 2 heterocycles. The van der Waals surface area contributed by atoms with Gasteiger partial charge in [-0.3, -0.25) is 9.36 Å². The molecule has 0 fully saturated rings. The van der Waals surface area contributed by atoms with Crippen molar-refractivity contribution in [3.63, 3.8) is 0 Å². The van der Waals surface area contributed by atoms with Gasteiger partial charge in [-0.15, -0.1) is 21.5 Å². The number of para-hydroxylation sites is 1. The summed E-state index contributed by atoms with van der Waals surface area (Å²) < 4.78 is 9.70. The van der Waals surface area contributed by atoms with Gasteiger partial charge >= 0.3 is 0 Å². The zero-order valence-electron chi connectivity index (χ0n) is 19.0. The Balaban J connectivity index is 1.35. The van der Waals surface area contributed by atoms with Crippen LogP contribution in [0.2, 0.25) is 0 Å². The molecule has 9 heteroatoms. The first kappa shape index (κ1) is 23.6. The fraction of sp³-hybridized carbons (Fsp3) is 0.154. The lowest BCUT2D eigenvalue weighted by Crippen LogP contribution is -2.05. The van der Waals surface area contributed by atoms with Gasteiger partial charge in [-0.05, 0) is 37.3 Å². The molecule has 2 aromatic heterocycles. The molecule has 0 bridgehead atoms. The van der Waals surface area contributed by atoms with E-state index in [1.165, 1.54) is 11.8 Å². The highest BCUT2D eigenvalue weighted by Gasteiger charge is 2.17. The number of benzene rings is 3. The van der Waals surface area contributed by atoms with E-state index in [2.05, 4.69) is 10.2 Å². The van der Waals surface area contributed by atoms with Gasteiger partial charge < -0.3 is 4.74 Å². The van der Waals surface area contributed by atoms with Crippen LogP contribution >= 0.6 is 34.9 Å². The van der Waals surface area contributed by atoms with Crippen LogP contribution in [0, 0.1) is 0 Å². The normalized spacial score (nSPS) is 11.1. The van der Waals surface area contributed by atoms with E-state index in [9.17, 15) is 4.79 Å². The van der Waals surface area contributed by atoms with Crippen LogP contribution in [0.1, 0.15) is 23.1 Å². The predicted octanol–water partition coefficient (Wildman–Crippen LogP) is 6.54. The van der Waals surface area contributed by atoms with Crippen molar-refractivity contribution in [1.29, 1.82) is 0 Å². The number of rotatable bonds is 10. The number of carbonyl (C=O) groups is 1. The van der Waals surface area contributed by atoms with Gasteiger partial charge in [0.2, 0.25) is 0 Å². The Bertz CT molecular complexity index is 1440. The molecule has 0 aliphatic carbocycles. The van der Waals surface area contributed by atoms with Crippen LogP contribution in [-0.2, 0) is 5.75 Å². The first-order chi connectivity index (χ1) is 17.2. The second kappa shape index (κ2) is 11.1. The summed E-state index contributed by atoms with van der Waals surface area (Å²) in [5.74, 6) is 2.63. The number of ketones is 1. The zero-order chi connectivity index (χ0) is 24.0. The largest absolute Gasteiger partial charge is 0.494 e. The number of thioether (sulfide) groups is 2. The van der Waals surface area contributed by atoms with Crippen LogP contribution in [0.4, 0.5) is 0 Å². The number of nitrogens with zero attached hydrogens (tertiary/aromatic N) is 4. The molecule has 0 aliphatic rings. The van der Waals surface area contributed by atoms with E-state index >= 15 is 0 Å². The van der Waals surface area contributed by atoms with Crippen molar-refractivity contribution in [3.05, 3.63) is 90.3 Å². The van der Waals surface area contributed by atoms with Crippen LogP contribution in [0.15, 0.2) is 88.4 Å². The molecule has 0 unspecified atom stereocenters. The van der Waals surface area contributed by atoms with Gasteiger partial charge in [0, 0.05) is 11.3 Å². The summed E-state index contributed by atoms with van der Waals surface area (Å²) in [6, 6.07) is 25.3. The molecule has 5 rings (SSSR count). The lowest BCUT2D eigenvalue weighted by molar-refractivity contribution is 0.102. The molecule has 0 radical (unpaired) electrons. The van der Waals surface area contributed by atoms with Crippen molar-refractivity contribution in [2.24, 2.45) is 0 Å². The third-order valence-corrected chi connectivity index (χ3v) is 8.21. The maximum atomic E-state index is 12.6. The van der Waals surface area contributed by atoms with Crippen molar-refractivity contribution < 1.29 is 9.53 Å². The summed E-state index contributed by atoms with van der Waals surface area (Å²) in [4.78, 5) is 17.4. The fourth-order valence-corrected chi connectivity index (χ4v) is 6.36. The Labute approximate surface area is 215 Å². The minimum Gasteiger partial charge on any atom is -0.494 e. The van der Waals surface area contributed by atoms with Gasteiger partial charge in [-0.25, -0.2) is 4.98 Å². The summed E-state index contributed by atoms with van der Waals surface area (Å²) in [6.45, 7) is 2.61. The molecule has 5 aromatic rings. The number of hydrogen-bond acceptors (Lipinski definition) is 8. The number of aromatic nitrogens is 4. The van der Waals surface area contributed by atoms with Crippen LogP contribution in [-0.4, -0.2) is 37.9 Å². The maximum Gasteiger partial charge on any atom is 0.196 e. The highest BCUT2D eigenvalue weighted by atomic mass is 32.2. The van der Waals surface area contributed by atoms with Crippen LogP contribution in [0.25, 0.3) is 15.9 Å². The minimum atomic E-state index is 0.0648. The number of thiazole rings is 1. The molecule has 0 amide bonds. The highest BCUT2D eigenvalue weighted by Crippen LogP contribution is 2.34. The van der Waals surface area contributed by atoms with Crippen molar-refractivity contribution in [1.82, 2.24) is 19.7 Å². The van der Waals surface area contributed by atoms with Gasteiger partial charge in [0.25, 0.3) is 0 Å². The predicted molar refractivity (Wildman–Crippen MR) is 143 cm³/mol. The Morgan fingerprint density at radius 1 is 0.971 bits per heavy atom. The second-order valence-electron chi connectivity index (χ2n) is 7.48. The Morgan fingerprint density at radius 3 is 2.51 bits per heavy atom. The summed E-state index contributed by atoms with van der Waals surface area (Å²) in [7, 11) is 0.